The highest BCUT2D eigenvalue weighted by Gasteiger charge is 2.16. The Hall–Kier alpha value is -1.59. The van der Waals surface area contributed by atoms with Crippen LogP contribution in [0.15, 0.2) is 24.3 Å². The zero-order valence-electron chi connectivity index (χ0n) is 11.6. The van der Waals surface area contributed by atoms with Gasteiger partial charge in [0.25, 0.3) is 0 Å². The number of nitrogens with two attached hydrogens (primary N) is 1. The van der Waals surface area contributed by atoms with Crippen molar-refractivity contribution in [3.63, 3.8) is 0 Å². The third-order valence-corrected chi connectivity index (χ3v) is 2.36. The SMILES string of the molecule is CC(C)(C)OC(=O)Nc1cccc(C(O)CCN)c1. The van der Waals surface area contributed by atoms with Gasteiger partial charge < -0.3 is 15.6 Å². The third kappa shape index (κ3) is 5.72. The smallest absolute Gasteiger partial charge is 0.412 e. The molecule has 4 N–H and O–H groups in total. The van der Waals surface area contributed by atoms with Crippen molar-refractivity contribution in [3.8, 4) is 0 Å². The fourth-order valence-electron chi connectivity index (χ4n) is 1.57. The molecule has 1 unspecified atom stereocenters. The van der Waals surface area contributed by atoms with E-state index in [4.69, 9.17) is 10.5 Å². The van der Waals surface area contributed by atoms with E-state index in [1.54, 1.807) is 45.0 Å². The highest BCUT2D eigenvalue weighted by atomic mass is 16.6. The summed E-state index contributed by atoms with van der Waals surface area (Å²) in [6.07, 6.45) is -0.654. The second-order valence-corrected chi connectivity index (χ2v) is 5.35. The van der Waals surface area contributed by atoms with E-state index in [9.17, 15) is 9.90 Å². The molecule has 106 valence electrons. The second kappa shape index (κ2) is 6.54. The predicted molar refractivity (Wildman–Crippen MR) is 74.9 cm³/mol. The van der Waals surface area contributed by atoms with Gasteiger partial charge in [0.1, 0.15) is 5.60 Å². The quantitative estimate of drug-likeness (QED) is 0.781. The Morgan fingerprint density at radius 2 is 2.16 bits per heavy atom. The molecular weight excluding hydrogens is 244 g/mol. The van der Waals surface area contributed by atoms with Crippen LogP contribution < -0.4 is 11.1 Å². The summed E-state index contributed by atoms with van der Waals surface area (Å²) < 4.78 is 5.16. The first kappa shape index (κ1) is 15.5. The van der Waals surface area contributed by atoms with Crippen molar-refractivity contribution in [1.29, 1.82) is 0 Å². The van der Waals surface area contributed by atoms with Crippen molar-refractivity contribution in [2.24, 2.45) is 5.73 Å². The van der Waals surface area contributed by atoms with Crippen molar-refractivity contribution in [3.05, 3.63) is 29.8 Å². The number of carbonyl (C=O) groups is 1. The molecule has 0 aliphatic rings. The zero-order valence-corrected chi connectivity index (χ0v) is 11.6. The second-order valence-electron chi connectivity index (χ2n) is 5.35. The van der Waals surface area contributed by atoms with Gasteiger partial charge in [0, 0.05) is 5.69 Å². The molecule has 0 saturated heterocycles. The summed E-state index contributed by atoms with van der Waals surface area (Å²) in [5.41, 5.74) is 6.17. The first-order chi connectivity index (χ1) is 8.81. The maximum atomic E-state index is 11.6. The van der Waals surface area contributed by atoms with Crippen LogP contribution in [0.4, 0.5) is 10.5 Å². The highest BCUT2D eigenvalue weighted by Crippen LogP contribution is 2.20. The number of benzene rings is 1. The number of anilines is 1. The lowest BCUT2D eigenvalue weighted by Gasteiger charge is -2.20. The molecule has 0 bridgehead atoms. The molecule has 0 spiro atoms. The van der Waals surface area contributed by atoms with Crippen molar-refractivity contribution in [2.45, 2.75) is 38.9 Å². The number of carbonyl (C=O) groups excluding carboxylic acids is 1. The third-order valence-electron chi connectivity index (χ3n) is 2.36. The van der Waals surface area contributed by atoms with Crippen LogP contribution in [0.5, 0.6) is 0 Å². The van der Waals surface area contributed by atoms with Crippen molar-refractivity contribution in [1.82, 2.24) is 0 Å². The topological polar surface area (TPSA) is 84.6 Å². The molecule has 1 atom stereocenters. The Morgan fingerprint density at radius 1 is 1.47 bits per heavy atom. The molecule has 5 heteroatoms. The van der Waals surface area contributed by atoms with Gasteiger partial charge in [0.15, 0.2) is 0 Å². The van der Waals surface area contributed by atoms with Crippen LogP contribution in [-0.2, 0) is 4.74 Å². The Balaban J connectivity index is 2.69. The van der Waals surface area contributed by atoms with Gasteiger partial charge >= 0.3 is 6.09 Å². The predicted octanol–water partition coefficient (Wildman–Crippen LogP) is 2.42. The molecule has 0 fully saturated rings. The van der Waals surface area contributed by atoms with Crippen LogP contribution in [-0.4, -0.2) is 23.3 Å². The minimum absolute atomic E-state index is 0.408. The number of amides is 1. The largest absolute Gasteiger partial charge is 0.444 e. The van der Waals surface area contributed by atoms with E-state index in [1.807, 2.05) is 0 Å². The van der Waals surface area contributed by atoms with Crippen LogP contribution in [0, 0.1) is 0 Å². The average Bonchev–Trinajstić information content (AvgIpc) is 2.27. The molecule has 0 aliphatic heterocycles. The van der Waals surface area contributed by atoms with Gasteiger partial charge in [-0.25, -0.2) is 4.79 Å². The summed E-state index contributed by atoms with van der Waals surface area (Å²) in [7, 11) is 0. The van der Waals surface area contributed by atoms with Crippen molar-refractivity contribution in [2.75, 3.05) is 11.9 Å². The van der Waals surface area contributed by atoms with Gasteiger partial charge in [0.05, 0.1) is 6.10 Å². The lowest BCUT2D eigenvalue weighted by Crippen LogP contribution is -2.27. The molecule has 0 radical (unpaired) electrons. The van der Waals surface area contributed by atoms with E-state index in [1.165, 1.54) is 0 Å². The molecule has 1 aromatic carbocycles. The minimum atomic E-state index is -0.620. The number of aliphatic hydroxyl groups excluding tert-OH is 1. The molecule has 0 saturated carbocycles. The van der Waals surface area contributed by atoms with Crippen LogP contribution >= 0.6 is 0 Å². The van der Waals surface area contributed by atoms with Gasteiger partial charge in [0.2, 0.25) is 0 Å². The van der Waals surface area contributed by atoms with Crippen molar-refractivity contribution < 1.29 is 14.6 Å². The summed E-state index contributed by atoms with van der Waals surface area (Å²) in [4.78, 5) is 11.6. The number of aliphatic hydroxyl groups is 1. The van der Waals surface area contributed by atoms with Gasteiger partial charge in [-0.3, -0.25) is 5.32 Å². The molecule has 1 rings (SSSR count). The van der Waals surface area contributed by atoms with Crippen LogP contribution in [0.3, 0.4) is 0 Å². The molecule has 0 heterocycles. The standard InChI is InChI=1S/C14H22N2O3/c1-14(2,3)19-13(18)16-11-6-4-5-10(9-11)12(17)7-8-15/h4-6,9,12,17H,7-8,15H2,1-3H3,(H,16,18). The van der Waals surface area contributed by atoms with E-state index < -0.39 is 17.8 Å². The monoisotopic (exact) mass is 266 g/mol. The number of nitrogens with one attached hydrogen (secondary N) is 1. The molecule has 1 amide bonds. The average molecular weight is 266 g/mol. The van der Waals surface area contributed by atoms with E-state index in [0.717, 1.165) is 5.56 Å². The van der Waals surface area contributed by atoms with E-state index >= 15 is 0 Å². The number of rotatable bonds is 4. The van der Waals surface area contributed by atoms with Gasteiger partial charge in [-0.05, 0) is 51.4 Å². The van der Waals surface area contributed by atoms with Gasteiger partial charge in [-0.1, -0.05) is 12.1 Å². The van der Waals surface area contributed by atoms with Crippen LogP contribution in [0.2, 0.25) is 0 Å². The number of hydrogen-bond donors (Lipinski definition) is 3. The maximum Gasteiger partial charge on any atom is 0.412 e. The van der Waals surface area contributed by atoms with E-state index in [0.29, 0.717) is 18.7 Å². The molecule has 1 aromatic rings. The summed E-state index contributed by atoms with van der Waals surface area (Å²) in [6.45, 7) is 5.81. The first-order valence-electron chi connectivity index (χ1n) is 6.30. The molecule has 0 aromatic heterocycles. The fraction of sp³-hybridized carbons (Fsp3) is 0.500. The fourth-order valence-corrected chi connectivity index (χ4v) is 1.57. The lowest BCUT2D eigenvalue weighted by molar-refractivity contribution is 0.0636. The zero-order chi connectivity index (χ0) is 14.5. The summed E-state index contributed by atoms with van der Waals surface area (Å²) in [6, 6.07) is 7.01. The van der Waals surface area contributed by atoms with E-state index in [-0.39, 0.29) is 0 Å². The normalized spacial score (nSPS) is 12.9. The van der Waals surface area contributed by atoms with Gasteiger partial charge in [-0.2, -0.15) is 0 Å². The molecule has 19 heavy (non-hydrogen) atoms. The molecular formula is C14H22N2O3. The highest BCUT2D eigenvalue weighted by molar-refractivity contribution is 5.84. The summed E-state index contributed by atoms with van der Waals surface area (Å²) in [5.74, 6) is 0. The number of hydrogen-bond acceptors (Lipinski definition) is 4. The Labute approximate surface area is 113 Å². The first-order valence-corrected chi connectivity index (χ1v) is 6.30. The molecule has 0 aliphatic carbocycles. The van der Waals surface area contributed by atoms with Gasteiger partial charge in [-0.15, -0.1) is 0 Å². The van der Waals surface area contributed by atoms with Crippen molar-refractivity contribution >= 4 is 11.8 Å². The molecule has 5 nitrogen and oxygen atoms in total. The summed E-state index contributed by atoms with van der Waals surface area (Å²) >= 11 is 0. The van der Waals surface area contributed by atoms with Crippen LogP contribution in [0.1, 0.15) is 38.9 Å². The Kier molecular flexibility index (Phi) is 5.32. The van der Waals surface area contributed by atoms with E-state index in [2.05, 4.69) is 5.32 Å². The maximum absolute atomic E-state index is 11.6. The van der Waals surface area contributed by atoms with Crippen LogP contribution in [0.25, 0.3) is 0 Å². The lowest BCUT2D eigenvalue weighted by atomic mass is 10.1. The minimum Gasteiger partial charge on any atom is -0.444 e. The Morgan fingerprint density at radius 3 is 2.74 bits per heavy atom. The summed E-state index contributed by atoms with van der Waals surface area (Å²) in [5, 5.41) is 12.5. The Bertz CT molecular complexity index is 427. The number of ether oxygens (including phenoxy) is 1.